The van der Waals surface area contributed by atoms with Crippen molar-refractivity contribution < 1.29 is 4.52 Å². The summed E-state index contributed by atoms with van der Waals surface area (Å²) in [5, 5.41) is 17.2. The number of halogens is 1. The number of thioether (sulfide) groups is 1. The summed E-state index contributed by atoms with van der Waals surface area (Å²) >= 11 is 7.43. The van der Waals surface area contributed by atoms with Crippen molar-refractivity contribution in [1.82, 2.24) is 30.3 Å². The Balaban J connectivity index is 1.50. The van der Waals surface area contributed by atoms with Crippen molar-refractivity contribution in [1.29, 1.82) is 0 Å². The first-order chi connectivity index (χ1) is 12.7. The van der Waals surface area contributed by atoms with Gasteiger partial charge in [0.05, 0.1) is 11.4 Å². The first-order valence-electron chi connectivity index (χ1n) is 7.76. The van der Waals surface area contributed by atoms with E-state index in [4.69, 9.17) is 16.1 Å². The van der Waals surface area contributed by atoms with Crippen molar-refractivity contribution in [2.45, 2.75) is 17.8 Å². The van der Waals surface area contributed by atoms with Crippen LogP contribution in [0.5, 0.6) is 0 Å². The first kappa shape index (κ1) is 16.7. The van der Waals surface area contributed by atoms with Crippen LogP contribution >= 0.6 is 23.4 Å². The number of aromatic nitrogens is 6. The molecular formula is C17H13ClN6OS. The van der Waals surface area contributed by atoms with Crippen LogP contribution in [0.25, 0.3) is 17.1 Å². The zero-order valence-electron chi connectivity index (χ0n) is 13.7. The molecule has 0 saturated carbocycles. The lowest BCUT2D eigenvalue weighted by molar-refractivity contribution is 0.391. The molecule has 9 heteroatoms. The van der Waals surface area contributed by atoms with E-state index in [1.807, 2.05) is 43.3 Å². The van der Waals surface area contributed by atoms with Crippen LogP contribution in [0.1, 0.15) is 11.5 Å². The van der Waals surface area contributed by atoms with Crippen molar-refractivity contribution in [3.05, 3.63) is 65.0 Å². The Hall–Kier alpha value is -2.71. The fourth-order valence-corrected chi connectivity index (χ4v) is 3.29. The van der Waals surface area contributed by atoms with Crippen LogP contribution in [0.2, 0.25) is 5.02 Å². The molecule has 2 aromatic heterocycles. The summed E-state index contributed by atoms with van der Waals surface area (Å²) in [5.74, 6) is 1.45. The highest BCUT2D eigenvalue weighted by molar-refractivity contribution is 7.98. The van der Waals surface area contributed by atoms with E-state index in [2.05, 4.69) is 25.7 Å². The molecule has 0 radical (unpaired) electrons. The zero-order chi connectivity index (χ0) is 17.9. The van der Waals surface area contributed by atoms with E-state index in [9.17, 15) is 0 Å². The molecule has 0 aliphatic carbocycles. The number of nitrogens with zero attached hydrogens (tertiary/aromatic N) is 6. The predicted molar refractivity (Wildman–Crippen MR) is 98.2 cm³/mol. The summed E-state index contributed by atoms with van der Waals surface area (Å²) in [5.41, 5.74) is 2.85. The van der Waals surface area contributed by atoms with Crippen molar-refractivity contribution >= 4 is 23.4 Å². The SMILES string of the molecule is Cc1cccc(-n2nnnc2SCc2nc(-c3cccc(Cl)c3)no2)c1. The summed E-state index contributed by atoms with van der Waals surface area (Å²) in [6.45, 7) is 2.02. The molecule has 0 fully saturated rings. The Bertz CT molecular complexity index is 1050. The van der Waals surface area contributed by atoms with Crippen molar-refractivity contribution in [3.63, 3.8) is 0 Å². The Morgan fingerprint density at radius 1 is 1.15 bits per heavy atom. The molecule has 0 atom stereocenters. The van der Waals surface area contributed by atoms with Crippen molar-refractivity contribution in [2.75, 3.05) is 0 Å². The minimum absolute atomic E-state index is 0.458. The molecule has 2 heterocycles. The van der Waals surface area contributed by atoms with Crippen LogP contribution in [0, 0.1) is 6.92 Å². The van der Waals surface area contributed by atoms with Crippen LogP contribution in [0.15, 0.2) is 58.2 Å². The summed E-state index contributed by atoms with van der Waals surface area (Å²) in [7, 11) is 0. The molecule has 0 bridgehead atoms. The van der Waals surface area contributed by atoms with E-state index in [0.29, 0.717) is 27.6 Å². The molecule has 26 heavy (non-hydrogen) atoms. The number of aryl methyl sites for hydroxylation is 1. The van der Waals surface area contributed by atoms with E-state index in [-0.39, 0.29) is 0 Å². The first-order valence-corrected chi connectivity index (χ1v) is 9.12. The summed E-state index contributed by atoms with van der Waals surface area (Å²) in [6, 6.07) is 15.3. The molecular weight excluding hydrogens is 372 g/mol. The van der Waals surface area contributed by atoms with Crippen LogP contribution in [0.4, 0.5) is 0 Å². The Morgan fingerprint density at radius 2 is 2.04 bits per heavy atom. The van der Waals surface area contributed by atoms with E-state index < -0.39 is 0 Å². The van der Waals surface area contributed by atoms with E-state index in [1.165, 1.54) is 11.8 Å². The lowest BCUT2D eigenvalue weighted by atomic mass is 10.2. The van der Waals surface area contributed by atoms with Gasteiger partial charge in [0, 0.05) is 10.6 Å². The molecule has 0 amide bonds. The summed E-state index contributed by atoms with van der Waals surface area (Å²) in [6.07, 6.45) is 0. The zero-order valence-corrected chi connectivity index (χ0v) is 15.3. The number of hydrogen-bond donors (Lipinski definition) is 0. The maximum atomic E-state index is 6.00. The van der Waals surface area contributed by atoms with Crippen molar-refractivity contribution in [3.8, 4) is 17.1 Å². The normalized spacial score (nSPS) is 11.0. The average Bonchev–Trinajstić information content (AvgIpc) is 3.29. The van der Waals surface area contributed by atoms with E-state index in [1.54, 1.807) is 16.8 Å². The second kappa shape index (κ2) is 7.27. The number of benzene rings is 2. The fourth-order valence-electron chi connectivity index (χ4n) is 2.38. The van der Waals surface area contributed by atoms with Crippen LogP contribution in [0.3, 0.4) is 0 Å². The largest absolute Gasteiger partial charge is 0.338 e. The molecule has 0 aliphatic rings. The van der Waals surface area contributed by atoms with Gasteiger partial charge in [0.25, 0.3) is 0 Å². The third kappa shape index (κ3) is 3.61. The van der Waals surface area contributed by atoms with Crippen LogP contribution in [-0.4, -0.2) is 30.3 Å². The van der Waals surface area contributed by atoms with Gasteiger partial charge in [0.15, 0.2) is 0 Å². The van der Waals surface area contributed by atoms with E-state index >= 15 is 0 Å². The molecule has 0 unspecified atom stereocenters. The molecule has 0 saturated heterocycles. The van der Waals surface area contributed by atoms with Gasteiger partial charge in [-0.05, 0) is 47.2 Å². The third-order valence-electron chi connectivity index (χ3n) is 3.56. The van der Waals surface area contributed by atoms with Gasteiger partial charge in [-0.15, -0.1) is 5.10 Å². The van der Waals surface area contributed by atoms with Gasteiger partial charge in [-0.3, -0.25) is 0 Å². The smallest absolute Gasteiger partial charge is 0.237 e. The minimum Gasteiger partial charge on any atom is -0.338 e. The molecule has 2 aromatic carbocycles. The molecule has 7 nitrogen and oxygen atoms in total. The quantitative estimate of drug-likeness (QED) is 0.481. The number of rotatable bonds is 5. The van der Waals surface area contributed by atoms with Gasteiger partial charge in [0.1, 0.15) is 0 Å². The number of tetrazole rings is 1. The van der Waals surface area contributed by atoms with Gasteiger partial charge >= 0.3 is 0 Å². The average molecular weight is 385 g/mol. The van der Waals surface area contributed by atoms with Gasteiger partial charge < -0.3 is 4.52 Å². The highest BCUT2D eigenvalue weighted by Crippen LogP contribution is 2.24. The highest BCUT2D eigenvalue weighted by Gasteiger charge is 2.13. The lowest BCUT2D eigenvalue weighted by Crippen LogP contribution is -1.99. The van der Waals surface area contributed by atoms with Gasteiger partial charge in [0.2, 0.25) is 16.9 Å². The molecule has 0 N–H and O–H groups in total. The summed E-state index contributed by atoms with van der Waals surface area (Å²) < 4.78 is 7.01. The van der Waals surface area contributed by atoms with Gasteiger partial charge in [-0.1, -0.05) is 52.8 Å². The maximum absolute atomic E-state index is 6.00. The minimum atomic E-state index is 0.458. The van der Waals surface area contributed by atoms with Crippen LogP contribution < -0.4 is 0 Å². The highest BCUT2D eigenvalue weighted by atomic mass is 35.5. The lowest BCUT2D eigenvalue weighted by Gasteiger charge is -2.03. The molecule has 0 spiro atoms. The third-order valence-corrected chi connectivity index (χ3v) is 4.70. The van der Waals surface area contributed by atoms with Crippen molar-refractivity contribution in [2.24, 2.45) is 0 Å². The molecule has 0 aliphatic heterocycles. The van der Waals surface area contributed by atoms with Crippen LogP contribution in [-0.2, 0) is 5.75 Å². The fraction of sp³-hybridized carbons (Fsp3) is 0.118. The number of hydrogen-bond acceptors (Lipinski definition) is 7. The predicted octanol–water partition coefficient (Wildman–Crippen LogP) is 3.97. The van der Waals surface area contributed by atoms with E-state index in [0.717, 1.165) is 16.8 Å². The van der Waals surface area contributed by atoms with Gasteiger partial charge in [-0.2, -0.15) is 9.67 Å². The Morgan fingerprint density at radius 3 is 2.88 bits per heavy atom. The standard InChI is InChI=1S/C17H13ClN6OS/c1-11-4-2-7-14(8-11)24-17(20-22-23-24)26-10-15-19-16(21-25-15)12-5-3-6-13(18)9-12/h2-9H,10H2,1H3. The maximum Gasteiger partial charge on any atom is 0.237 e. The molecule has 130 valence electrons. The molecule has 4 aromatic rings. The monoisotopic (exact) mass is 384 g/mol. The topological polar surface area (TPSA) is 82.5 Å². The second-order valence-electron chi connectivity index (χ2n) is 5.52. The van der Waals surface area contributed by atoms with Gasteiger partial charge in [-0.25, -0.2) is 0 Å². The summed E-state index contributed by atoms with van der Waals surface area (Å²) in [4.78, 5) is 4.40. The Labute approximate surface area is 158 Å². The Kier molecular flexibility index (Phi) is 4.68. The molecule has 4 rings (SSSR count). The second-order valence-corrected chi connectivity index (χ2v) is 6.90.